The zero-order valence-electron chi connectivity index (χ0n) is 17.3. The van der Waals surface area contributed by atoms with Gasteiger partial charge in [-0.15, -0.1) is 0 Å². The monoisotopic (exact) mass is 472 g/mol. The SMILES string of the molecule is C[C@@H]1O[C@@H](O[C@@H]2[C@@H](O[C@H]3O[C@H](CO)C[C@H](O)[C@H]3O)[C@@H](O)[C@@H](CO)O[C@H]2O)[C@@H](O)[C@H](O)[C@@H]1O. The second kappa shape index (κ2) is 10.8. The zero-order chi connectivity index (χ0) is 23.7. The fourth-order valence-electron chi connectivity index (χ4n) is 3.94. The van der Waals surface area contributed by atoms with Crippen LogP contribution in [0.1, 0.15) is 13.3 Å². The van der Waals surface area contributed by atoms with Crippen molar-refractivity contribution in [2.45, 2.75) is 99.4 Å². The van der Waals surface area contributed by atoms with E-state index in [0.29, 0.717) is 0 Å². The molecule has 0 amide bonds. The molecule has 0 unspecified atom stereocenters. The number of aliphatic hydroxyl groups is 9. The second-order valence-corrected chi connectivity index (χ2v) is 8.22. The Balaban J connectivity index is 1.80. The van der Waals surface area contributed by atoms with E-state index in [2.05, 4.69) is 0 Å². The van der Waals surface area contributed by atoms with E-state index in [9.17, 15) is 46.0 Å². The third-order valence-electron chi connectivity index (χ3n) is 5.92. The van der Waals surface area contributed by atoms with Crippen LogP contribution in [0.5, 0.6) is 0 Å². The third-order valence-corrected chi connectivity index (χ3v) is 5.92. The van der Waals surface area contributed by atoms with E-state index >= 15 is 0 Å². The van der Waals surface area contributed by atoms with Gasteiger partial charge in [0.05, 0.1) is 31.5 Å². The zero-order valence-corrected chi connectivity index (χ0v) is 17.3. The van der Waals surface area contributed by atoms with Crippen LogP contribution >= 0.6 is 0 Å². The van der Waals surface area contributed by atoms with Crippen LogP contribution in [-0.2, 0) is 23.7 Å². The van der Waals surface area contributed by atoms with Gasteiger partial charge in [0, 0.05) is 6.42 Å². The summed E-state index contributed by atoms with van der Waals surface area (Å²) in [5.74, 6) is 0. The molecule has 0 radical (unpaired) electrons. The van der Waals surface area contributed by atoms with Crippen LogP contribution in [0.4, 0.5) is 0 Å². The number of hydrogen-bond acceptors (Lipinski definition) is 14. The predicted molar refractivity (Wildman–Crippen MR) is 98.5 cm³/mol. The van der Waals surface area contributed by atoms with E-state index in [1.165, 1.54) is 6.92 Å². The largest absolute Gasteiger partial charge is 0.394 e. The number of ether oxygens (including phenoxy) is 5. The minimum absolute atomic E-state index is 0.0735. The Bertz CT molecular complexity index is 596. The predicted octanol–water partition coefficient (Wildman–Crippen LogP) is -5.52. The highest BCUT2D eigenvalue weighted by atomic mass is 16.8. The van der Waals surface area contributed by atoms with Crippen molar-refractivity contribution < 1.29 is 69.6 Å². The van der Waals surface area contributed by atoms with Crippen molar-refractivity contribution in [2.75, 3.05) is 13.2 Å². The van der Waals surface area contributed by atoms with Gasteiger partial charge >= 0.3 is 0 Å². The van der Waals surface area contributed by atoms with Gasteiger partial charge in [-0.05, 0) is 6.92 Å². The number of hydrogen-bond donors (Lipinski definition) is 9. The van der Waals surface area contributed by atoms with Crippen LogP contribution < -0.4 is 0 Å². The lowest BCUT2D eigenvalue weighted by Gasteiger charge is -2.47. The summed E-state index contributed by atoms with van der Waals surface area (Å²) in [6.45, 7) is 0.213. The van der Waals surface area contributed by atoms with Gasteiger partial charge in [-0.3, -0.25) is 0 Å². The van der Waals surface area contributed by atoms with Gasteiger partial charge in [-0.25, -0.2) is 0 Å². The first kappa shape index (κ1) is 26.1. The average Bonchev–Trinajstić information content (AvgIpc) is 2.77. The minimum Gasteiger partial charge on any atom is -0.394 e. The molecule has 0 aliphatic carbocycles. The summed E-state index contributed by atoms with van der Waals surface area (Å²) in [7, 11) is 0. The molecule has 3 heterocycles. The molecule has 14 atom stereocenters. The molecule has 9 N–H and O–H groups in total. The lowest BCUT2D eigenvalue weighted by Crippen LogP contribution is -2.65. The van der Waals surface area contributed by atoms with Crippen LogP contribution in [0.2, 0.25) is 0 Å². The second-order valence-electron chi connectivity index (χ2n) is 8.22. The number of rotatable bonds is 6. The first-order valence-electron chi connectivity index (χ1n) is 10.3. The van der Waals surface area contributed by atoms with Crippen LogP contribution in [0.3, 0.4) is 0 Å². The lowest BCUT2D eigenvalue weighted by molar-refractivity contribution is -0.382. The van der Waals surface area contributed by atoms with Crippen LogP contribution in [-0.4, -0.2) is 145 Å². The standard InChI is InChI=1S/C18H32O14/c1-5-9(22)12(25)13(26)18(28-5)32-15-14(11(24)8(4-20)30-16(15)27)31-17-10(23)7(21)2-6(3-19)29-17/h5-27H,2-4H2,1H3/t5-,6-,7-,8+,9+,10+,11-,12+,13-,14-,15+,16+,17+,18-/m0/s1. The Morgan fingerprint density at radius 3 is 1.94 bits per heavy atom. The summed E-state index contributed by atoms with van der Waals surface area (Å²) < 4.78 is 27.0. The van der Waals surface area contributed by atoms with Gasteiger partial charge in [0.1, 0.15) is 48.8 Å². The Morgan fingerprint density at radius 1 is 0.688 bits per heavy atom. The van der Waals surface area contributed by atoms with E-state index in [-0.39, 0.29) is 6.42 Å². The molecule has 3 rings (SSSR count). The summed E-state index contributed by atoms with van der Waals surface area (Å²) in [6.07, 6.45) is -20.6. The summed E-state index contributed by atoms with van der Waals surface area (Å²) in [4.78, 5) is 0. The molecule has 188 valence electrons. The van der Waals surface area contributed by atoms with Gasteiger partial charge in [0.15, 0.2) is 18.9 Å². The molecule has 0 bridgehead atoms. The molecular formula is C18H32O14. The molecule has 3 aliphatic rings. The van der Waals surface area contributed by atoms with Crippen molar-refractivity contribution in [3.8, 4) is 0 Å². The van der Waals surface area contributed by atoms with Crippen molar-refractivity contribution >= 4 is 0 Å². The molecule has 32 heavy (non-hydrogen) atoms. The Morgan fingerprint density at radius 2 is 1.31 bits per heavy atom. The minimum atomic E-state index is -1.82. The quantitative estimate of drug-likeness (QED) is 0.176. The Kier molecular flexibility index (Phi) is 8.79. The first-order valence-corrected chi connectivity index (χ1v) is 10.3. The summed E-state index contributed by atoms with van der Waals surface area (Å²) in [5.41, 5.74) is 0. The molecular weight excluding hydrogens is 440 g/mol. The van der Waals surface area contributed by atoms with Crippen molar-refractivity contribution in [2.24, 2.45) is 0 Å². The molecule has 0 saturated carbocycles. The van der Waals surface area contributed by atoms with Crippen molar-refractivity contribution in [1.82, 2.24) is 0 Å². The fraction of sp³-hybridized carbons (Fsp3) is 1.00. The topological polar surface area (TPSA) is 228 Å². The maximum Gasteiger partial charge on any atom is 0.187 e. The van der Waals surface area contributed by atoms with Gasteiger partial charge < -0.3 is 69.6 Å². The highest BCUT2D eigenvalue weighted by molar-refractivity contribution is 4.94. The molecule has 0 aromatic carbocycles. The van der Waals surface area contributed by atoms with E-state index < -0.39 is 99.2 Å². The van der Waals surface area contributed by atoms with E-state index in [0.717, 1.165) is 0 Å². The highest BCUT2D eigenvalue weighted by Gasteiger charge is 2.52. The van der Waals surface area contributed by atoms with E-state index in [1.807, 2.05) is 0 Å². The Hall–Kier alpha value is -0.560. The third kappa shape index (κ3) is 5.24. The van der Waals surface area contributed by atoms with Crippen LogP contribution in [0, 0.1) is 0 Å². The summed E-state index contributed by atoms with van der Waals surface area (Å²) in [6, 6.07) is 0. The molecule has 3 aliphatic heterocycles. The molecule has 0 spiro atoms. The first-order chi connectivity index (χ1) is 15.1. The van der Waals surface area contributed by atoms with E-state index in [1.54, 1.807) is 0 Å². The highest BCUT2D eigenvalue weighted by Crippen LogP contribution is 2.32. The van der Waals surface area contributed by atoms with E-state index in [4.69, 9.17) is 23.7 Å². The van der Waals surface area contributed by atoms with Gasteiger partial charge in [-0.1, -0.05) is 0 Å². The molecule has 0 aromatic rings. The lowest BCUT2D eigenvalue weighted by atomic mass is 9.97. The number of aliphatic hydroxyl groups excluding tert-OH is 9. The maximum atomic E-state index is 10.6. The van der Waals surface area contributed by atoms with Crippen LogP contribution in [0.15, 0.2) is 0 Å². The van der Waals surface area contributed by atoms with Crippen molar-refractivity contribution in [3.63, 3.8) is 0 Å². The molecule has 14 nitrogen and oxygen atoms in total. The summed E-state index contributed by atoms with van der Waals surface area (Å²) >= 11 is 0. The Labute approximate surface area is 183 Å². The normalized spacial score (nSPS) is 52.7. The van der Waals surface area contributed by atoms with Crippen molar-refractivity contribution in [3.05, 3.63) is 0 Å². The van der Waals surface area contributed by atoms with Crippen molar-refractivity contribution in [1.29, 1.82) is 0 Å². The van der Waals surface area contributed by atoms with Crippen LogP contribution in [0.25, 0.3) is 0 Å². The molecule has 14 heteroatoms. The fourth-order valence-corrected chi connectivity index (χ4v) is 3.94. The smallest absolute Gasteiger partial charge is 0.187 e. The van der Waals surface area contributed by atoms with Gasteiger partial charge in [0.2, 0.25) is 0 Å². The molecule has 0 aromatic heterocycles. The van der Waals surface area contributed by atoms with Gasteiger partial charge in [0.25, 0.3) is 0 Å². The molecule has 3 saturated heterocycles. The average molecular weight is 472 g/mol. The van der Waals surface area contributed by atoms with Gasteiger partial charge in [-0.2, -0.15) is 0 Å². The molecule has 3 fully saturated rings. The maximum absolute atomic E-state index is 10.6. The summed E-state index contributed by atoms with van der Waals surface area (Å²) in [5, 5.41) is 90.1.